The van der Waals surface area contributed by atoms with E-state index in [-0.39, 0.29) is 31.6 Å². The topological polar surface area (TPSA) is 99.6 Å². The summed E-state index contributed by atoms with van der Waals surface area (Å²) in [6, 6.07) is 6.22. The second-order valence-electron chi connectivity index (χ2n) is 11.6. The second-order valence-corrected chi connectivity index (χ2v) is 11.6. The molecule has 0 bridgehead atoms. The molecule has 5 rings (SSSR count). The number of carbonyl (C=O) groups is 3. The van der Waals surface area contributed by atoms with Gasteiger partial charge in [-0.1, -0.05) is 31.2 Å². The van der Waals surface area contributed by atoms with Crippen LogP contribution in [0.2, 0.25) is 0 Å². The fourth-order valence-corrected chi connectivity index (χ4v) is 7.21. The highest BCUT2D eigenvalue weighted by atomic mass is 16.6. The lowest BCUT2D eigenvalue weighted by molar-refractivity contribution is -0.160. The van der Waals surface area contributed by atoms with Crippen LogP contribution in [0, 0.1) is 11.8 Å². The summed E-state index contributed by atoms with van der Waals surface area (Å²) in [5, 5.41) is 10.3. The average Bonchev–Trinajstić information content (AvgIpc) is 3.30. The number of hydrogen-bond donors (Lipinski definition) is 1. The lowest BCUT2D eigenvalue weighted by Gasteiger charge is -2.40. The second kappa shape index (κ2) is 11.6. The molecule has 9 heteroatoms. The van der Waals surface area contributed by atoms with Crippen molar-refractivity contribution >= 4 is 29.2 Å². The van der Waals surface area contributed by atoms with Crippen molar-refractivity contribution in [3.63, 3.8) is 0 Å². The summed E-state index contributed by atoms with van der Waals surface area (Å²) in [6.07, 6.45) is 10.5. The molecule has 1 N–H and O–H groups in total. The summed E-state index contributed by atoms with van der Waals surface area (Å²) in [6.45, 7) is 9.91. The Hall–Kier alpha value is -3.17. The van der Waals surface area contributed by atoms with Crippen LogP contribution in [0.5, 0.6) is 0 Å². The van der Waals surface area contributed by atoms with E-state index in [9.17, 15) is 19.5 Å². The number of aliphatic hydroxyl groups excluding tert-OH is 1. The third-order valence-electron chi connectivity index (χ3n) is 9.30. The highest BCUT2D eigenvalue weighted by Crippen LogP contribution is 2.57. The lowest BCUT2D eigenvalue weighted by atomic mass is 9.74. The molecule has 41 heavy (non-hydrogen) atoms. The van der Waals surface area contributed by atoms with Crippen LogP contribution in [0.15, 0.2) is 48.6 Å². The summed E-state index contributed by atoms with van der Waals surface area (Å²) in [5.41, 5.74) is -0.741. The number of likely N-dealkylation sites (tertiary alicyclic amines) is 1. The summed E-state index contributed by atoms with van der Waals surface area (Å²) in [5.74, 6) is -3.02. The van der Waals surface area contributed by atoms with E-state index in [0.717, 1.165) is 38.0 Å². The maximum absolute atomic E-state index is 14.6. The Morgan fingerprint density at radius 2 is 1.73 bits per heavy atom. The maximum atomic E-state index is 14.6. The number of carbonyl (C=O) groups excluding carboxylic acids is 3. The smallest absolute Gasteiger partial charge is 0.313 e. The third-order valence-corrected chi connectivity index (χ3v) is 9.30. The van der Waals surface area contributed by atoms with Crippen molar-refractivity contribution in [2.75, 3.05) is 42.6 Å². The van der Waals surface area contributed by atoms with Crippen molar-refractivity contribution in [3.05, 3.63) is 48.6 Å². The zero-order chi connectivity index (χ0) is 29.4. The number of ether oxygens (including phenoxy) is 2. The van der Waals surface area contributed by atoms with E-state index >= 15 is 0 Å². The molecule has 2 fully saturated rings. The first-order valence-electron chi connectivity index (χ1n) is 15.1. The molecule has 2 amide bonds. The van der Waals surface area contributed by atoms with Gasteiger partial charge in [0.05, 0.1) is 30.8 Å². The minimum absolute atomic E-state index is 0.278. The highest BCUT2D eigenvalue weighted by molar-refractivity contribution is 6.05. The molecule has 9 nitrogen and oxygen atoms in total. The van der Waals surface area contributed by atoms with Crippen LogP contribution < -0.4 is 9.80 Å². The fraction of sp³-hybridized carbons (Fsp3) is 0.594. The van der Waals surface area contributed by atoms with Gasteiger partial charge in [0.1, 0.15) is 17.6 Å². The molecule has 6 atom stereocenters. The van der Waals surface area contributed by atoms with Crippen molar-refractivity contribution in [2.24, 2.45) is 11.8 Å². The predicted molar refractivity (Wildman–Crippen MR) is 156 cm³/mol. The van der Waals surface area contributed by atoms with Gasteiger partial charge in [0.15, 0.2) is 0 Å². The van der Waals surface area contributed by atoms with Crippen molar-refractivity contribution in [2.45, 2.75) is 76.7 Å². The number of anilines is 2. The molecule has 0 saturated carbocycles. The number of aliphatic hydroxyl groups is 1. The van der Waals surface area contributed by atoms with Gasteiger partial charge in [0.2, 0.25) is 5.91 Å². The molecule has 0 aromatic heterocycles. The van der Waals surface area contributed by atoms with E-state index in [4.69, 9.17) is 9.47 Å². The predicted octanol–water partition coefficient (Wildman–Crippen LogP) is 3.46. The summed E-state index contributed by atoms with van der Waals surface area (Å²) < 4.78 is 12.5. The molecule has 4 aliphatic heterocycles. The molecule has 4 heterocycles. The van der Waals surface area contributed by atoms with Gasteiger partial charge >= 0.3 is 5.97 Å². The van der Waals surface area contributed by atoms with E-state index in [0.29, 0.717) is 12.1 Å². The number of hydrogen-bond acceptors (Lipinski definition) is 7. The molecule has 1 aromatic carbocycles. The van der Waals surface area contributed by atoms with Crippen LogP contribution in [0.25, 0.3) is 0 Å². The van der Waals surface area contributed by atoms with Crippen molar-refractivity contribution in [1.29, 1.82) is 0 Å². The van der Waals surface area contributed by atoms with Gasteiger partial charge < -0.3 is 29.3 Å². The zero-order valence-electron chi connectivity index (χ0n) is 24.6. The molecular weight excluding hydrogens is 522 g/mol. The molecule has 2 saturated heterocycles. The quantitative estimate of drug-likeness (QED) is 0.399. The minimum Gasteiger partial charge on any atom is -0.465 e. The average molecular weight is 566 g/mol. The van der Waals surface area contributed by atoms with Gasteiger partial charge in [0.25, 0.3) is 5.91 Å². The molecule has 0 aliphatic carbocycles. The number of esters is 1. The Morgan fingerprint density at radius 3 is 2.39 bits per heavy atom. The van der Waals surface area contributed by atoms with Crippen molar-refractivity contribution < 1.29 is 29.0 Å². The molecule has 1 aromatic rings. The third kappa shape index (κ3) is 4.77. The molecule has 4 aliphatic rings. The summed E-state index contributed by atoms with van der Waals surface area (Å²) in [4.78, 5) is 48.0. The van der Waals surface area contributed by atoms with E-state index in [1.807, 2.05) is 62.4 Å². The van der Waals surface area contributed by atoms with Crippen LogP contribution >= 0.6 is 0 Å². The summed E-state index contributed by atoms with van der Waals surface area (Å²) >= 11 is 0. The van der Waals surface area contributed by atoms with E-state index < -0.39 is 41.1 Å². The fourth-order valence-electron chi connectivity index (χ4n) is 7.21. The normalized spacial score (nSPS) is 33.0. The Balaban J connectivity index is 1.61. The minimum atomic E-state index is -1.39. The van der Waals surface area contributed by atoms with E-state index in [2.05, 4.69) is 18.7 Å². The number of benzene rings is 1. The first-order chi connectivity index (χ1) is 19.8. The van der Waals surface area contributed by atoms with Gasteiger partial charge in [-0.15, -0.1) is 0 Å². The zero-order valence-corrected chi connectivity index (χ0v) is 24.6. The number of rotatable bonds is 7. The number of nitrogens with zero attached hydrogens (tertiary/aromatic N) is 3. The first-order valence-corrected chi connectivity index (χ1v) is 15.1. The molecule has 1 spiro atoms. The number of cyclic esters (lactones) is 1. The monoisotopic (exact) mass is 565 g/mol. The first kappa shape index (κ1) is 29.3. The van der Waals surface area contributed by atoms with Crippen molar-refractivity contribution in [3.8, 4) is 0 Å². The van der Waals surface area contributed by atoms with Gasteiger partial charge in [-0.25, -0.2) is 0 Å². The highest BCUT2D eigenvalue weighted by Gasteiger charge is 2.75. The molecule has 0 radical (unpaired) electrons. The largest absolute Gasteiger partial charge is 0.465 e. The number of amides is 2. The van der Waals surface area contributed by atoms with Gasteiger partial charge in [-0.05, 0) is 70.7 Å². The maximum Gasteiger partial charge on any atom is 0.313 e. The van der Waals surface area contributed by atoms with E-state index in [1.165, 1.54) is 4.90 Å². The number of fused-ring (bicyclic) bond motifs is 2. The van der Waals surface area contributed by atoms with E-state index in [1.54, 1.807) is 4.90 Å². The van der Waals surface area contributed by atoms with Gasteiger partial charge in [0, 0.05) is 31.0 Å². The summed E-state index contributed by atoms with van der Waals surface area (Å²) in [7, 11) is 0. The molecule has 222 valence electrons. The van der Waals surface area contributed by atoms with Crippen LogP contribution in [0.4, 0.5) is 11.4 Å². The van der Waals surface area contributed by atoms with Gasteiger partial charge in [-0.3, -0.25) is 14.4 Å². The SMILES string of the molecule is CC[C@@H](CO)N1C(=O)[C@@H]2[C@H]3C(=O)OCCCC/C=C\[C@@]3(C)O[C@@]23C=CCN(c2ccc(N(CC)CC)cc2)C(=O)C13. The Morgan fingerprint density at radius 1 is 1.00 bits per heavy atom. The van der Waals surface area contributed by atoms with Crippen LogP contribution in [-0.4, -0.2) is 83.9 Å². The lowest BCUT2D eigenvalue weighted by Crippen LogP contribution is -2.58. The van der Waals surface area contributed by atoms with Crippen LogP contribution in [-0.2, 0) is 23.9 Å². The van der Waals surface area contributed by atoms with Gasteiger partial charge in [-0.2, -0.15) is 0 Å². The standard InChI is InChI=1S/C32H43N3O6/c1-5-22(21-36)35-27-29(38)34(24-15-13-23(14-16-24)33(6-2)7-3)19-12-18-32(27)25(28(35)37)26-30(39)40-20-11-9-8-10-17-31(26,4)41-32/h10,12-18,22,25-27,36H,5-9,11,19-21H2,1-4H3/b17-10-/t22-,25-,26-,27?,31+,32-/m0/s1. The Labute approximate surface area is 242 Å². The Kier molecular flexibility index (Phi) is 8.30. The van der Waals surface area contributed by atoms with Crippen molar-refractivity contribution in [1.82, 2.24) is 4.90 Å². The molecule has 1 unspecified atom stereocenters. The van der Waals surface area contributed by atoms with Crippen LogP contribution in [0.3, 0.4) is 0 Å². The number of allylic oxidation sites excluding steroid dienone is 1. The van der Waals surface area contributed by atoms with Crippen LogP contribution in [0.1, 0.15) is 53.4 Å². The molecular formula is C32H43N3O6. The Bertz CT molecular complexity index is 1210.